The molecule has 5 aliphatic rings. The van der Waals surface area contributed by atoms with Crippen LogP contribution in [0.5, 0.6) is 0 Å². The molecule has 0 saturated heterocycles. The van der Waals surface area contributed by atoms with E-state index >= 15 is 0 Å². The third-order valence-corrected chi connectivity index (χ3v) is 10.4. The molecule has 4 aromatic carbocycles. The third kappa shape index (κ3) is 2.79. The van der Waals surface area contributed by atoms with Gasteiger partial charge in [0.15, 0.2) is 0 Å². The van der Waals surface area contributed by atoms with Crippen LogP contribution in [0, 0.1) is 23.7 Å². The van der Waals surface area contributed by atoms with Crippen molar-refractivity contribution in [3.05, 3.63) is 107 Å². The fourth-order valence-electron chi connectivity index (χ4n) is 8.98. The summed E-state index contributed by atoms with van der Waals surface area (Å²) in [5.41, 5.74) is 11.7. The number of benzene rings is 4. The summed E-state index contributed by atoms with van der Waals surface area (Å²) in [5, 5.41) is 0. The molecule has 4 aromatic rings. The first-order chi connectivity index (χ1) is 17.2. The quantitative estimate of drug-likeness (QED) is 0.248. The highest BCUT2D eigenvalue weighted by molar-refractivity contribution is 9.10. The van der Waals surface area contributed by atoms with E-state index in [-0.39, 0.29) is 5.41 Å². The first-order valence-electron chi connectivity index (χ1n) is 13.3. The average Bonchev–Trinajstić information content (AvgIpc) is 3.18. The molecule has 1 spiro atoms. The van der Waals surface area contributed by atoms with E-state index in [0.29, 0.717) is 0 Å². The lowest BCUT2D eigenvalue weighted by atomic mass is 9.43. The number of fused-ring (bicyclic) bond motifs is 3. The van der Waals surface area contributed by atoms with Crippen LogP contribution in [-0.4, -0.2) is 0 Å². The van der Waals surface area contributed by atoms with E-state index in [0.717, 1.165) is 28.1 Å². The van der Waals surface area contributed by atoms with E-state index in [1.54, 1.807) is 11.1 Å². The van der Waals surface area contributed by atoms with Gasteiger partial charge in [-0.2, -0.15) is 0 Å². The molecule has 0 aliphatic heterocycles. The van der Waals surface area contributed by atoms with Gasteiger partial charge in [0.05, 0.1) is 0 Å². The van der Waals surface area contributed by atoms with Crippen molar-refractivity contribution in [2.75, 3.05) is 0 Å². The zero-order valence-electron chi connectivity index (χ0n) is 19.9. The molecular weight excluding hydrogens is 488 g/mol. The van der Waals surface area contributed by atoms with Crippen molar-refractivity contribution < 1.29 is 0 Å². The topological polar surface area (TPSA) is 0 Å². The van der Waals surface area contributed by atoms with Crippen LogP contribution in [0.25, 0.3) is 33.4 Å². The minimum atomic E-state index is 0.226. The SMILES string of the molecule is Brc1cc(-c2ccccc2)cc(-c2cccc3c2-c2ccccc2C32C3CC4CC(C3)CC2C4)c1. The smallest absolute Gasteiger partial charge is 0.0272 e. The van der Waals surface area contributed by atoms with Gasteiger partial charge in [-0.1, -0.05) is 88.7 Å². The van der Waals surface area contributed by atoms with Gasteiger partial charge >= 0.3 is 0 Å². The van der Waals surface area contributed by atoms with Gasteiger partial charge in [0, 0.05) is 9.89 Å². The molecule has 0 amide bonds. The Morgan fingerprint density at radius 2 is 1.17 bits per heavy atom. The van der Waals surface area contributed by atoms with Crippen molar-refractivity contribution in [2.24, 2.45) is 23.7 Å². The molecule has 35 heavy (non-hydrogen) atoms. The molecule has 0 radical (unpaired) electrons. The van der Waals surface area contributed by atoms with Gasteiger partial charge in [-0.05, 0) is 118 Å². The fourth-order valence-corrected chi connectivity index (χ4v) is 9.48. The summed E-state index contributed by atoms with van der Waals surface area (Å²) < 4.78 is 1.14. The lowest BCUT2D eigenvalue weighted by molar-refractivity contribution is -0.0399. The Labute approximate surface area is 216 Å². The highest BCUT2D eigenvalue weighted by Gasteiger charge is 2.61. The van der Waals surface area contributed by atoms with Gasteiger partial charge in [-0.3, -0.25) is 0 Å². The van der Waals surface area contributed by atoms with Crippen LogP contribution in [0.15, 0.2) is 95.5 Å². The second-order valence-corrected chi connectivity index (χ2v) is 12.5. The molecule has 4 saturated carbocycles. The molecule has 0 unspecified atom stereocenters. The van der Waals surface area contributed by atoms with Crippen molar-refractivity contribution in [3.8, 4) is 33.4 Å². The van der Waals surface area contributed by atoms with Crippen molar-refractivity contribution in [1.82, 2.24) is 0 Å². The third-order valence-electron chi connectivity index (χ3n) is 9.89. The summed E-state index contributed by atoms with van der Waals surface area (Å²) in [4.78, 5) is 0. The zero-order valence-corrected chi connectivity index (χ0v) is 21.5. The van der Waals surface area contributed by atoms with E-state index < -0.39 is 0 Å². The van der Waals surface area contributed by atoms with E-state index in [4.69, 9.17) is 0 Å². The van der Waals surface area contributed by atoms with Crippen LogP contribution in [0.4, 0.5) is 0 Å². The van der Waals surface area contributed by atoms with Crippen LogP contribution < -0.4 is 0 Å². The minimum absolute atomic E-state index is 0.226. The predicted octanol–water partition coefficient (Wildman–Crippen LogP) is 9.51. The summed E-state index contributed by atoms with van der Waals surface area (Å²) >= 11 is 3.84. The summed E-state index contributed by atoms with van der Waals surface area (Å²) in [7, 11) is 0. The monoisotopic (exact) mass is 516 g/mol. The van der Waals surface area contributed by atoms with Crippen LogP contribution >= 0.6 is 15.9 Å². The molecule has 0 atom stereocenters. The summed E-state index contributed by atoms with van der Waals surface area (Å²) in [5.74, 6) is 3.56. The average molecular weight is 518 g/mol. The Balaban J connectivity index is 1.37. The van der Waals surface area contributed by atoms with E-state index in [1.807, 2.05) is 0 Å². The fraction of sp³-hybridized carbons (Fsp3) is 0.294. The molecule has 9 rings (SSSR count). The normalized spacial score (nSPS) is 29.4. The van der Waals surface area contributed by atoms with E-state index in [1.165, 1.54) is 65.5 Å². The highest BCUT2D eigenvalue weighted by atomic mass is 79.9. The van der Waals surface area contributed by atoms with Gasteiger partial charge in [-0.15, -0.1) is 0 Å². The number of hydrogen-bond donors (Lipinski definition) is 0. The van der Waals surface area contributed by atoms with Gasteiger partial charge in [0.25, 0.3) is 0 Å². The molecule has 5 aliphatic carbocycles. The lowest BCUT2D eigenvalue weighted by Crippen LogP contribution is -2.55. The number of hydrogen-bond acceptors (Lipinski definition) is 0. The first kappa shape index (κ1) is 20.5. The van der Waals surface area contributed by atoms with Gasteiger partial charge in [0.2, 0.25) is 0 Å². The van der Waals surface area contributed by atoms with Crippen LogP contribution in [-0.2, 0) is 5.41 Å². The van der Waals surface area contributed by atoms with Crippen LogP contribution in [0.1, 0.15) is 43.2 Å². The van der Waals surface area contributed by atoms with Crippen LogP contribution in [0.3, 0.4) is 0 Å². The summed E-state index contributed by atoms with van der Waals surface area (Å²) in [6.07, 6.45) is 7.22. The van der Waals surface area contributed by atoms with Gasteiger partial charge in [0.1, 0.15) is 0 Å². The maximum atomic E-state index is 3.84. The highest BCUT2D eigenvalue weighted by Crippen LogP contribution is 2.70. The Kier molecular flexibility index (Phi) is 4.36. The van der Waals surface area contributed by atoms with Crippen molar-refractivity contribution in [1.29, 1.82) is 0 Å². The molecule has 172 valence electrons. The Morgan fingerprint density at radius 3 is 1.94 bits per heavy atom. The van der Waals surface area contributed by atoms with E-state index in [9.17, 15) is 0 Å². The van der Waals surface area contributed by atoms with Gasteiger partial charge < -0.3 is 0 Å². The van der Waals surface area contributed by atoms with Crippen molar-refractivity contribution >= 4 is 15.9 Å². The Hall–Kier alpha value is -2.64. The minimum Gasteiger partial charge on any atom is -0.0622 e. The maximum absolute atomic E-state index is 3.84. The number of rotatable bonds is 2. The zero-order chi connectivity index (χ0) is 23.1. The van der Waals surface area contributed by atoms with Crippen molar-refractivity contribution in [3.63, 3.8) is 0 Å². The summed E-state index contributed by atoms with van der Waals surface area (Å²) in [6, 6.07) is 34.4. The molecule has 0 aromatic heterocycles. The molecular formula is C34H29Br. The van der Waals surface area contributed by atoms with Crippen molar-refractivity contribution in [2.45, 2.75) is 37.5 Å². The standard InChI is InChI=1S/C34H29Br/c35-28-19-24(23-7-2-1-3-8-23)18-25(20-28)29-10-6-12-32-33(29)30-9-4-5-11-31(30)34(32)26-14-21-13-22(16-26)17-27(34)15-21/h1-12,18-22,26-27H,13-17H2. The predicted molar refractivity (Wildman–Crippen MR) is 148 cm³/mol. The van der Waals surface area contributed by atoms with Crippen LogP contribution in [0.2, 0.25) is 0 Å². The lowest BCUT2D eigenvalue weighted by Gasteiger charge is -2.61. The summed E-state index contributed by atoms with van der Waals surface area (Å²) in [6.45, 7) is 0. The molecule has 4 fully saturated rings. The van der Waals surface area contributed by atoms with Gasteiger partial charge in [-0.25, -0.2) is 0 Å². The molecule has 0 nitrogen and oxygen atoms in total. The maximum Gasteiger partial charge on any atom is 0.0272 e. The molecule has 0 heterocycles. The Bertz CT molecular complexity index is 1440. The molecule has 4 bridgehead atoms. The Morgan fingerprint density at radius 1 is 0.543 bits per heavy atom. The second-order valence-electron chi connectivity index (χ2n) is 11.5. The molecule has 0 N–H and O–H groups in total. The molecule has 1 heteroatoms. The largest absolute Gasteiger partial charge is 0.0622 e. The first-order valence-corrected chi connectivity index (χ1v) is 14.1. The second kappa shape index (κ2) is 7.43. The van der Waals surface area contributed by atoms with E-state index in [2.05, 4.69) is 107 Å². The number of halogens is 1.